The molecule has 1 rings (SSSR count). The smallest absolute Gasteiger partial charge is 0.326 e. The van der Waals surface area contributed by atoms with Crippen molar-refractivity contribution in [3.05, 3.63) is 20.8 Å². The Kier molecular flexibility index (Phi) is 5.96. The molecule has 0 aromatic carbocycles. The van der Waals surface area contributed by atoms with E-state index in [1.54, 1.807) is 0 Å². The van der Waals surface area contributed by atoms with E-state index >= 15 is 0 Å². The Labute approximate surface area is 127 Å². The maximum absolute atomic E-state index is 11.8. The number of nitrogens with one attached hydrogen (secondary N) is 1. The number of hydrogen-bond acceptors (Lipinski definition) is 4. The topological polar surface area (TPSA) is 113 Å². The molecule has 0 aliphatic rings. The Bertz CT molecular complexity index is 520. The highest BCUT2D eigenvalue weighted by Gasteiger charge is 2.23. The average Bonchev–Trinajstić information content (AvgIpc) is 2.72. The van der Waals surface area contributed by atoms with Gasteiger partial charge in [0.2, 0.25) is 5.91 Å². The highest BCUT2D eigenvalue weighted by Crippen LogP contribution is 2.20. The van der Waals surface area contributed by atoms with Crippen LogP contribution in [0.1, 0.15) is 11.3 Å². The van der Waals surface area contributed by atoms with Crippen molar-refractivity contribution in [3.8, 4) is 0 Å². The van der Waals surface area contributed by atoms with Gasteiger partial charge in [-0.3, -0.25) is 4.79 Å². The van der Waals surface area contributed by atoms with Crippen molar-refractivity contribution in [1.29, 1.82) is 0 Å². The third-order valence-electron chi connectivity index (χ3n) is 2.36. The number of halogens is 1. The van der Waals surface area contributed by atoms with Gasteiger partial charge in [-0.05, 0) is 22.0 Å². The summed E-state index contributed by atoms with van der Waals surface area (Å²) >= 11 is 4.78. The summed E-state index contributed by atoms with van der Waals surface area (Å²) < 4.78 is 0.920. The molecule has 7 nitrogen and oxygen atoms in total. The third kappa shape index (κ3) is 5.17. The molecule has 1 aromatic heterocycles. The van der Waals surface area contributed by atoms with Crippen LogP contribution in [0, 0.1) is 0 Å². The fraction of sp³-hybridized carbons (Fsp3) is 0.364. The SMILES string of the molecule is CN(Cc1cc(Br)cs1)C(=O)N[C@H](CC(N)=O)C(=O)O. The summed E-state index contributed by atoms with van der Waals surface area (Å²) in [5.41, 5.74) is 4.94. The zero-order chi connectivity index (χ0) is 15.3. The summed E-state index contributed by atoms with van der Waals surface area (Å²) in [6, 6.07) is -0.0345. The first kappa shape index (κ1) is 16.4. The van der Waals surface area contributed by atoms with Crippen LogP contribution in [0.2, 0.25) is 0 Å². The van der Waals surface area contributed by atoms with E-state index in [0.29, 0.717) is 6.54 Å². The molecule has 0 aliphatic carbocycles. The summed E-state index contributed by atoms with van der Waals surface area (Å²) in [6.07, 6.45) is -0.445. The van der Waals surface area contributed by atoms with Crippen molar-refractivity contribution >= 4 is 45.2 Å². The molecule has 20 heavy (non-hydrogen) atoms. The molecule has 4 N–H and O–H groups in total. The number of carboxylic acid groups (broad SMARTS) is 1. The van der Waals surface area contributed by atoms with Gasteiger partial charge < -0.3 is 21.1 Å². The minimum Gasteiger partial charge on any atom is -0.480 e. The first-order valence-electron chi connectivity index (χ1n) is 5.55. The van der Waals surface area contributed by atoms with Crippen molar-refractivity contribution in [3.63, 3.8) is 0 Å². The molecule has 110 valence electrons. The molecule has 0 radical (unpaired) electrons. The summed E-state index contributed by atoms with van der Waals surface area (Å²) in [6.45, 7) is 0.338. The van der Waals surface area contributed by atoms with E-state index in [1.165, 1.54) is 23.3 Å². The van der Waals surface area contributed by atoms with Crippen LogP contribution < -0.4 is 11.1 Å². The van der Waals surface area contributed by atoms with Crippen molar-refractivity contribution in [2.75, 3.05) is 7.05 Å². The fourth-order valence-corrected chi connectivity index (χ4v) is 2.91. The largest absolute Gasteiger partial charge is 0.480 e. The van der Waals surface area contributed by atoms with Crippen molar-refractivity contribution in [2.24, 2.45) is 5.73 Å². The number of nitrogens with zero attached hydrogens (tertiary/aromatic N) is 1. The summed E-state index contributed by atoms with van der Waals surface area (Å²) in [4.78, 5) is 35.8. The summed E-state index contributed by atoms with van der Waals surface area (Å²) in [7, 11) is 1.53. The molecule has 1 heterocycles. The minimum absolute atomic E-state index is 0.338. The number of amides is 3. The zero-order valence-corrected chi connectivity index (χ0v) is 13.0. The Morgan fingerprint density at radius 1 is 1.55 bits per heavy atom. The number of urea groups is 1. The van der Waals surface area contributed by atoms with E-state index in [-0.39, 0.29) is 0 Å². The van der Waals surface area contributed by atoms with Gasteiger partial charge in [-0.15, -0.1) is 11.3 Å². The second-order valence-corrected chi connectivity index (χ2v) is 6.01. The van der Waals surface area contributed by atoms with Crippen LogP contribution in [-0.4, -0.2) is 41.0 Å². The lowest BCUT2D eigenvalue weighted by molar-refractivity contribution is -0.140. The van der Waals surface area contributed by atoms with Crippen LogP contribution in [0.15, 0.2) is 15.9 Å². The highest BCUT2D eigenvalue weighted by atomic mass is 79.9. The molecule has 0 bridgehead atoms. The van der Waals surface area contributed by atoms with Crippen LogP contribution in [0.5, 0.6) is 0 Å². The molecule has 0 saturated heterocycles. The number of thiophene rings is 1. The molecule has 0 aliphatic heterocycles. The van der Waals surface area contributed by atoms with Crippen LogP contribution in [0.3, 0.4) is 0 Å². The number of nitrogens with two attached hydrogens (primary N) is 1. The second kappa shape index (κ2) is 7.25. The van der Waals surface area contributed by atoms with Crippen LogP contribution in [0.25, 0.3) is 0 Å². The zero-order valence-electron chi connectivity index (χ0n) is 10.6. The molecule has 0 unspecified atom stereocenters. The van der Waals surface area contributed by atoms with Crippen LogP contribution in [-0.2, 0) is 16.1 Å². The quantitative estimate of drug-likeness (QED) is 0.698. The van der Waals surface area contributed by atoms with E-state index in [2.05, 4.69) is 21.2 Å². The lowest BCUT2D eigenvalue weighted by Gasteiger charge is -2.20. The Balaban J connectivity index is 2.59. The standard InChI is InChI=1S/C11H14BrN3O4S/c1-15(4-7-2-6(12)5-20-7)11(19)14-8(10(17)18)3-9(13)16/h2,5,8H,3-4H2,1H3,(H2,13,16)(H,14,19)(H,17,18)/t8-/m1/s1. The third-order valence-corrected chi connectivity index (χ3v) is 4.04. The Hall–Kier alpha value is -1.61. The first-order valence-corrected chi connectivity index (χ1v) is 7.22. The molecular formula is C11H14BrN3O4S. The van der Waals surface area contributed by atoms with Crippen molar-refractivity contribution < 1.29 is 19.5 Å². The predicted octanol–water partition coefficient (Wildman–Crippen LogP) is 0.981. The van der Waals surface area contributed by atoms with Gasteiger partial charge in [0.25, 0.3) is 0 Å². The van der Waals surface area contributed by atoms with Crippen LogP contribution in [0.4, 0.5) is 4.79 Å². The molecular weight excluding hydrogens is 350 g/mol. The van der Waals surface area contributed by atoms with Gasteiger partial charge in [-0.2, -0.15) is 0 Å². The fourth-order valence-electron chi connectivity index (χ4n) is 1.40. The number of carbonyl (C=O) groups excluding carboxylic acids is 2. The van der Waals surface area contributed by atoms with E-state index in [4.69, 9.17) is 10.8 Å². The molecule has 0 saturated carbocycles. The lowest BCUT2D eigenvalue weighted by atomic mass is 10.2. The van der Waals surface area contributed by atoms with Gasteiger partial charge in [0, 0.05) is 21.8 Å². The van der Waals surface area contributed by atoms with Gasteiger partial charge in [0.1, 0.15) is 6.04 Å². The number of carboxylic acids is 1. The first-order chi connectivity index (χ1) is 9.29. The Morgan fingerprint density at radius 3 is 2.65 bits per heavy atom. The Morgan fingerprint density at radius 2 is 2.20 bits per heavy atom. The summed E-state index contributed by atoms with van der Waals surface area (Å²) in [5.74, 6) is -2.09. The molecule has 1 atom stereocenters. The number of carbonyl (C=O) groups is 3. The molecule has 0 fully saturated rings. The molecule has 9 heteroatoms. The highest BCUT2D eigenvalue weighted by molar-refractivity contribution is 9.10. The average molecular weight is 364 g/mol. The van der Waals surface area contributed by atoms with E-state index in [0.717, 1.165) is 9.35 Å². The molecule has 0 spiro atoms. The van der Waals surface area contributed by atoms with Gasteiger partial charge in [-0.1, -0.05) is 0 Å². The van der Waals surface area contributed by atoms with E-state index < -0.39 is 30.4 Å². The maximum Gasteiger partial charge on any atom is 0.326 e. The number of primary amides is 1. The number of hydrogen-bond donors (Lipinski definition) is 3. The van der Waals surface area contributed by atoms with E-state index in [9.17, 15) is 14.4 Å². The van der Waals surface area contributed by atoms with Gasteiger partial charge >= 0.3 is 12.0 Å². The van der Waals surface area contributed by atoms with E-state index in [1.807, 2.05) is 11.4 Å². The number of aliphatic carboxylic acids is 1. The van der Waals surface area contributed by atoms with Gasteiger partial charge in [-0.25, -0.2) is 9.59 Å². The monoisotopic (exact) mass is 363 g/mol. The van der Waals surface area contributed by atoms with Gasteiger partial charge in [0.05, 0.1) is 13.0 Å². The second-order valence-electron chi connectivity index (χ2n) is 4.10. The molecule has 1 aromatic rings. The van der Waals surface area contributed by atoms with Gasteiger partial charge in [0.15, 0.2) is 0 Å². The van der Waals surface area contributed by atoms with Crippen molar-refractivity contribution in [2.45, 2.75) is 19.0 Å². The number of rotatable bonds is 6. The minimum atomic E-state index is -1.32. The normalized spacial score (nSPS) is 11.7. The maximum atomic E-state index is 11.8. The molecule has 3 amide bonds. The predicted molar refractivity (Wildman–Crippen MR) is 77.3 cm³/mol. The lowest BCUT2D eigenvalue weighted by Crippen LogP contribution is -2.47. The summed E-state index contributed by atoms with van der Waals surface area (Å²) in [5, 5.41) is 13.0. The van der Waals surface area contributed by atoms with Crippen LogP contribution >= 0.6 is 27.3 Å². The van der Waals surface area contributed by atoms with Crippen molar-refractivity contribution in [1.82, 2.24) is 10.2 Å².